The van der Waals surface area contributed by atoms with E-state index in [1.165, 1.54) is 0 Å². The van der Waals surface area contributed by atoms with Crippen LogP contribution in [0, 0.1) is 0 Å². The highest BCUT2D eigenvalue weighted by Crippen LogP contribution is 1.99. The number of esters is 2. The number of rotatable bonds is 6. The van der Waals surface area contributed by atoms with Gasteiger partial charge in [-0.05, 0) is 19.4 Å². The van der Waals surface area contributed by atoms with Crippen LogP contribution in [-0.4, -0.2) is 31.1 Å². The molecule has 0 aliphatic heterocycles. The summed E-state index contributed by atoms with van der Waals surface area (Å²) in [5.41, 5.74) is 15.7. The van der Waals surface area contributed by atoms with E-state index in [4.69, 9.17) is 17.2 Å². The van der Waals surface area contributed by atoms with E-state index in [2.05, 4.69) is 4.74 Å². The lowest BCUT2D eigenvalue weighted by molar-refractivity contribution is -0.159. The van der Waals surface area contributed by atoms with Crippen LogP contribution in [0.5, 0.6) is 0 Å². The van der Waals surface area contributed by atoms with Crippen LogP contribution in [-0.2, 0) is 14.3 Å². The van der Waals surface area contributed by atoms with Crippen molar-refractivity contribution < 1.29 is 14.3 Å². The molecular formula is C8H17N3O3. The van der Waals surface area contributed by atoms with Crippen molar-refractivity contribution in [3.8, 4) is 0 Å². The van der Waals surface area contributed by atoms with Gasteiger partial charge in [0.25, 0.3) is 0 Å². The van der Waals surface area contributed by atoms with E-state index in [0.29, 0.717) is 13.0 Å². The standard InChI is InChI=1S/C8H17N3O3/c9-4-2-1-3-6(11)8(13)14-7(12)5-10/h6H,1-5,9-11H2/t6-/m0/s1. The second kappa shape index (κ2) is 7.43. The van der Waals surface area contributed by atoms with Crippen LogP contribution in [0.4, 0.5) is 0 Å². The van der Waals surface area contributed by atoms with Gasteiger partial charge >= 0.3 is 11.9 Å². The van der Waals surface area contributed by atoms with E-state index in [9.17, 15) is 9.59 Å². The summed E-state index contributed by atoms with van der Waals surface area (Å²) in [6.45, 7) is 0.241. The number of nitrogens with two attached hydrogens (primary N) is 3. The average molecular weight is 203 g/mol. The molecule has 0 heterocycles. The Morgan fingerprint density at radius 3 is 2.36 bits per heavy atom. The number of hydrogen-bond donors (Lipinski definition) is 3. The van der Waals surface area contributed by atoms with Gasteiger partial charge in [0.05, 0.1) is 6.54 Å². The molecule has 0 aliphatic rings. The Morgan fingerprint density at radius 2 is 1.86 bits per heavy atom. The van der Waals surface area contributed by atoms with Gasteiger partial charge in [0.1, 0.15) is 6.04 Å². The van der Waals surface area contributed by atoms with E-state index in [1.54, 1.807) is 0 Å². The predicted octanol–water partition coefficient (Wildman–Crippen LogP) is -1.53. The topological polar surface area (TPSA) is 121 Å². The molecule has 0 spiro atoms. The van der Waals surface area contributed by atoms with Crippen LogP contribution in [0.2, 0.25) is 0 Å². The summed E-state index contributed by atoms with van der Waals surface area (Å²) in [6.07, 6.45) is 2.00. The van der Waals surface area contributed by atoms with E-state index in [1.807, 2.05) is 0 Å². The lowest BCUT2D eigenvalue weighted by Gasteiger charge is -2.08. The van der Waals surface area contributed by atoms with Gasteiger partial charge in [0.2, 0.25) is 0 Å². The summed E-state index contributed by atoms with van der Waals surface area (Å²) in [4.78, 5) is 21.7. The second-order valence-corrected chi connectivity index (χ2v) is 2.89. The van der Waals surface area contributed by atoms with Crippen LogP contribution < -0.4 is 17.2 Å². The lowest BCUT2D eigenvalue weighted by Crippen LogP contribution is -2.35. The summed E-state index contributed by atoms with van der Waals surface area (Å²) in [7, 11) is 0. The highest BCUT2D eigenvalue weighted by molar-refractivity contribution is 5.88. The molecule has 0 aromatic rings. The maximum atomic E-state index is 11.1. The molecule has 0 bridgehead atoms. The second-order valence-electron chi connectivity index (χ2n) is 2.89. The zero-order valence-corrected chi connectivity index (χ0v) is 8.07. The van der Waals surface area contributed by atoms with Crippen molar-refractivity contribution in [3.63, 3.8) is 0 Å². The molecule has 0 radical (unpaired) electrons. The Morgan fingerprint density at radius 1 is 1.21 bits per heavy atom. The van der Waals surface area contributed by atoms with E-state index >= 15 is 0 Å². The first-order chi connectivity index (χ1) is 6.61. The molecule has 1 atom stereocenters. The molecule has 6 heteroatoms. The van der Waals surface area contributed by atoms with Crippen LogP contribution in [0.1, 0.15) is 19.3 Å². The van der Waals surface area contributed by atoms with Crippen molar-refractivity contribution in [1.82, 2.24) is 0 Å². The molecular weight excluding hydrogens is 186 g/mol. The van der Waals surface area contributed by atoms with Crippen LogP contribution in [0.25, 0.3) is 0 Å². The normalized spacial score (nSPS) is 12.2. The first-order valence-corrected chi connectivity index (χ1v) is 4.52. The number of unbranched alkanes of at least 4 members (excludes halogenated alkanes) is 1. The molecule has 6 N–H and O–H groups in total. The van der Waals surface area contributed by atoms with Crippen molar-refractivity contribution in [2.75, 3.05) is 13.1 Å². The Hall–Kier alpha value is -0.980. The van der Waals surface area contributed by atoms with Gasteiger partial charge in [0.15, 0.2) is 0 Å². The van der Waals surface area contributed by atoms with Crippen molar-refractivity contribution in [1.29, 1.82) is 0 Å². The van der Waals surface area contributed by atoms with Crippen molar-refractivity contribution in [3.05, 3.63) is 0 Å². The molecule has 0 amide bonds. The molecule has 82 valence electrons. The Balaban J connectivity index is 3.70. The smallest absolute Gasteiger partial charge is 0.330 e. The van der Waals surface area contributed by atoms with Crippen LogP contribution >= 0.6 is 0 Å². The minimum atomic E-state index is -0.767. The zero-order chi connectivity index (χ0) is 11.0. The van der Waals surface area contributed by atoms with Gasteiger partial charge in [-0.15, -0.1) is 0 Å². The summed E-state index contributed by atoms with van der Waals surface area (Å²) < 4.78 is 4.33. The summed E-state index contributed by atoms with van der Waals surface area (Å²) in [6, 6.07) is -0.767. The van der Waals surface area contributed by atoms with E-state index in [0.717, 1.165) is 12.8 Å². The third-order valence-corrected chi connectivity index (χ3v) is 1.65. The lowest BCUT2D eigenvalue weighted by atomic mass is 10.1. The van der Waals surface area contributed by atoms with Crippen molar-refractivity contribution >= 4 is 11.9 Å². The Labute approximate surface area is 82.8 Å². The van der Waals surface area contributed by atoms with Crippen molar-refractivity contribution in [2.45, 2.75) is 25.3 Å². The minimum absolute atomic E-state index is 0.318. The quantitative estimate of drug-likeness (QED) is 0.273. The molecule has 0 aromatic heterocycles. The molecule has 0 fully saturated rings. The number of carbonyl (C=O) groups is 2. The predicted molar refractivity (Wildman–Crippen MR) is 51.0 cm³/mol. The summed E-state index contributed by atoms with van der Waals surface area (Å²) >= 11 is 0. The van der Waals surface area contributed by atoms with Gasteiger partial charge < -0.3 is 21.9 Å². The fourth-order valence-electron chi connectivity index (χ4n) is 0.856. The van der Waals surface area contributed by atoms with Gasteiger partial charge in [-0.3, -0.25) is 4.79 Å². The average Bonchev–Trinajstić information content (AvgIpc) is 2.17. The van der Waals surface area contributed by atoms with Gasteiger partial charge in [-0.25, -0.2) is 4.79 Å². The minimum Gasteiger partial charge on any atom is -0.391 e. The zero-order valence-electron chi connectivity index (χ0n) is 8.07. The third-order valence-electron chi connectivity index (χ3n) is 1.65. The fourth-order valence-corrected chi connectivity index (χ4v) is 0.856. The summed E-state index contributed by atoms with van der Waals surface area (Å²) in [5, 5.41) is 0. The van der Waals surface area contributed by atoms with Gasteiger partial charge in [0, 0.05) is 0 Å². The first kappa shape index (κ1) is 13.0. The number of hydrogen-bond acceptors (Lipinski definition) is 6. The van der Waals surface area contributed by atoms with Gasteiger partial charge in [-0.1, -0.05) is 6.42 Å². The maximum absolute atomic E-state index is 11.1. The first-order valence-electron chi connectivity index (χ1n) is 4.52. The SMILES string of the molecule is NCCCC[C@H](N)C(=O)OC(=O)CN. The molecule has 0 saturated carbocycles. The highest BCUT2D eigenvalue weighted by Gasteiger charge is 2.17. The Kier molecular flexibility index (Phi) is 6.91. The van der Waals surface area contributed by atoms with E-state index < -0.39 is 18.0 Å². The van der Waals surface area contributed by atoms with Crippen molar-refractivity contribution in [2.24, 2.45) is 17.2 Å². The molecule has 6 nitrogen and oxygen atoms in total. The molecule has 0 saturated heterocycles. The Bertz CT molecular complexity index is 196. The number of ether oxygens (including phenoxy) is 1. The maximum Gasteiger partial charge on any atom is 0.330 e. The number of carbonyl (C=O) groups excluding carboxylic acids is 2. The van der Waals surface area contributed by atoms with Gasteiger partial charge in [-0.2, -0.15) is 0 Å². The highest BCUT2D eigenvalue weighted by atomic mass is 16.6. The molecule has 0 aromatic carbocycles. The third kappa shape index (κ3) is 5.63. The monoisotopic (exact) mass is 203 g/mol. The van der Waals surface area contributed by atoms with Crippen LogP contribution in [0.15, 0.2) is 0 Å². The van der Waals surface area contributed by atoms with Crippen LogP contribution in [0.3, 0.4) is 0 Å². The molecule has 0 rings (SSSR count). The molecule has 14 heavy (non-hydrogen) atoms. The van der Waals surface area contributed by atoms with E-state index in [-0.39, 0.29) is 6.54 Å². The fraction of sp³-hybridized carbons (Fsp3) is 0.750. The molecule has 0 aliphatic carbocycles. The summed E-state index contributed by atoms with van der Waals surface area (Å²) in [5.74, 6) is -1.48. The molecule has 0 unspecified atom stereocenters. The largest absolute Gasteiger partial charge is 0.391 e.